The largest absolute Gasteiger partial charge is 0.419 e. The van der Waals surface area contributed by atoms with E-state index < -0.39 is 17.7 Å². The fourth-order valence-corrected chi connectivity index (χ4v) is 4.81. The second-order valence-electron chi connectivity index (χ2n) is 8.92. The molecule has 2 aliphatic heterocycles. The predicted molar refractivity (Wildman–Crippen MR) is 123 cm³/mol. The van der Waals surface area contributed by atoms with Crippen LogP contribution in [-0.4, -0.2) is 33.5 Å². The van der Waals surface area contributed by atoms with E-state index in [-0.39, 0.29) is 18.3 Å². The summed E-state index contributed by atoms with van der Waals surface area (Å²) in [7, 11) is 0. The predicted octanol–water partition coefficient (Wildman–Crippen LogP) is 5.16. The van der Waals surface area contributed by atoms with E-state index in [2.05, 4.69) is 21.1 Å². The van der Waals surface area contributed by atoms with Gasteiger partial charge in [0.05, 0.1) is 17.2 Å². The molecule has 0 aliphatic carbocycles. The lowest BCUT2D eigenvalue weighted by Crippen LogP contribution is -2.42. The summed E-state index contributed by atoms with van der Waals surface area (Å²) in [5.41, 5.74) is 1.69. The van der Waals surface area contributed by atoms with Gasteiger partial charge in [-0.3, -0.25) is 4.79 Å². The number of aryl methyl sites for hydroxylation is 2. The Balaban J connectivity index is 1.30. The highest BCUT2D eigenvalue weighted by Crippen LogP contribution is 2.36. The molecule has 0 spiro atoms. The van der Waals surface area contributed by atoms with E-state index in [0.717, 1.165) is 49.0 Å². The molecular weight excluding hydrogens is 443 g/mol. The first-order chi connectivity index (χ1) is 16.4. The van der Waals surface area contributed by atoms with E-state index in [9.17, 15) is 18.0 Å². The van der Waals surface area contributed by atoms with Crippen molar-refractivity contribution in [1.29, 1.82) is 0 Å². The summed E-state index contributed by atoms with van der Waals surface area (Å²) in [4.78, 5) is 23.3. The number of alkyl halides is 3. The molecule has 2 aromatic heterocycles. The molecule has 1 fully saturated rings. The molecule has 3 aromatic rings. The molecule has 34 heavy (non-hydrogen) atoms. The number of halogens is 3. The number of amides is 1. The second-order valence-corrected chi connectivity index (χ2v) is 8.92. The van der Waals surface area contributed by atoms with Crippen molar-refractivity contribution in [1.82, 2.24) is 14.5 Å². The van der Waals surface area contributed by atoms with Crippen LogP contribution in [-0.2, 0) is 23.9 Å². The lowest BCUT2D eigenvalue weighted by molar-refractivity contribution is -0.137. The smallest absolute Gasteiger partial charge is 0.355 e. The number of hydrogen-bond acceptors (Lipinski definition) is 4. The highest BCUT2D eigenvalue weighted by Gasteiger charge is 2.37. The number of carbonyl (C=O) groups is 1. The molecule has 178 valence electrons. The molecule has 1 aromatic carbocycles. The Labute approximate surface area is 195 Å². The molecule has 0 radical (unpaired) electrons. The molecule has 1 saturated heterocycles. The monoisotopic (exact) mass is 469 g/mol. The number of imidazole rings is 1. The first-order valence-electron chi connectivity index (χ1n) is 11.6. The van der Waals surface area contributed by atoms with Crippen molar-refractivity contribution >= 4 is 17.4 Å². The topological polar surface area (TPSA) is 63.1 Å². The lowest BCUT2D eigenvalue weighted by atomic mass is 9.96. The van der Waals surface area contributed by atoms with Crippen molar-refractivity contribution in [3.63, 3.8) is 0 Å². The van der Waals surface area contributed by atoms with Crippen LogP contribution in [0.2, 0.25) is 0 Å². The summed E-state index contributed by atoms with van der Waals surface area (Å²) < 4.78 is 42.5. The van der Waals surface area contributed by atoms with Gasteiger partial charge in [0.15, 0.2) is 0 Å². The molecule has 0 bridgehead atoms. The van der Waals surface area contributed by atoms with E-state index in [4.69, 9.17) is 4.98 Å². The van der Waals surface area contributed by atoms with Gasteiger partial charge in [0.25, 0.3) is 0 Å². The fourth-order valence-electron chi connectivity index (χ4n) is 4.81. The average molecular weight is 470 g/mol. The number of carbonyl (C=O) groups excluding carboxylic acids is 1. The maximum atomic E-state index is 13.4. The van der Waals surface area contributed by atoms with Crippen molar-refractivity contribution < 1.29 is 18.0 Å². The summed E-state index contributed by atoms with van der Waals surface area (Å²) in [5, 5.41) is 2.96. The molecule has 9 heteroatoms. The van der Waals surface area contributed by atoms with Crippen molar-refractivity contribution in [2.45, 2.75) is 44.8 Å². The number of rotatable bonds is 4. The Bertz CT molecular complexity index is 1170. The first-order valence-corrected chi connectivity index (χ1v) is 11.6. The zero-order valence-corrected chi connectivity index (χ0v) is 18.7. The van der Waals surface area contributed by atoms with Crippen LogP contribution in [0.5, 0.6) is 0 Å². The molecule has 6 nitrogen and oxygen atoms in total. The van der Waals surface area contributed by atoms with Gasteiger partial charge in [-0.1, -0.05) is 12.1 Å². The molecular formula is C25H26F3N5O. The maximum Gasteiger partial charge on any atom is 0.419 e. The van der Waals surface area contributed by atoms with Gasteiger partial charge in [0, 0.05) is 49.7 Å². The van der Waals surface area contributed by atoms with Gasteiger partial charge < -0.3 is 14.8 Å². The van der Waals surface area contributed by atoms with E-state index in [1.165, 1.54) is 12.3 Å². The zero-order valence-electron chi connectivity index (χ0n) is 18.7. The molecule has 4 heterocycles. The quantitative estimate of drug-likeness (QED) is 0.574. The molecule has 1 atom stereocenters. The molecule has 1 N–H and O–H groups in total. The first kappa shape index (κ1) is 22.4. The summed E-state index contributed by atoms with van der Waals surface area (Å²) >= 11 is 0. The number of aromatic nitrogens is 3. The number of hydrogen-bond donors (Lipinski definition) is 1. The van der Waals surface area contributed by atoms with Crippen molar-refractivity contribution in [3.8, 4) is 11.3 Å². The third-order valence-corrected chi connectivity index (χ3v) is 6.52. The van der Waals surface area contributed by atoms with Crippen LogP contribution >= 0.6 is 0 Å². The van der Waals surface area contributed by atoms with E-state index in [0.29, 0.717) is 25.1 Å². The van der Waals surface area contributed by atoms with E-state index in [1.807, 2.05) is 24.3 Å². The summed E-state index contributed by atoms with van der Waals surface area (Å²) in [6.45, 7) is 1.60. The van der Waals surface area contributed by atoms with Crippen LogP contribution in [0, 0.1) is 5.92 Å². The van der Waals surface area contributed by atoms with Crippen LogP contribution in [0.25, 0.3) is 11.3 Å². The molecule has 0 saturated carbocycles. The van der Waals surface area contributed by atoms with Crippen LogP contribution in [0.3, 0.4) is 0 Å². The fraction of sp³-hybridized carbons (Fsp3) is 0.400. The number of fused-ring (bicyclic) bond motifs is 1. The van der Waals surface area contributed by atoms with Gasteiger partial charge in [-0.2, -0.15) is 13.2 Å². The summed E-state index contributed by atoms with van der Waals surface area (Å²) in [6.07, 6.45) is 3.42. The van der Waals surface area contributed by atoms with Gasteiger partial charge in [0.2, 0.25) is 5.91 Å². The molecule has 1 amide bonds. The zero-order chi connectivity index (χ0) is 23.7. The number of piperidine rings is 1. The highest BCUT2D eigenvalue weighted by molar-refractivity contribution is 5.93. The Morgan fingerprint density at radius 2 is 1.97 bits per heavy atom. The average Bonchev–Trinajstić information content (AvgIpc) is 3.28. The standard InChI is InChI=1S/C25H26F3N5O/c26-25(27,28)20-9-4-11-29-23(20)33-13-5-7-18(15-33)24(34)30-19-8-3-6-17(14-19)21-16-32-12-2-1-10-22(32)31-21/h3-4,6,8-9,11,14,16,18H,1-2,5,7,10,12-13,15H2,(H,30,34). The minimum absolute atomic E-state index is 0.113. The number of benzene rings is 1. The van der Waals surface area contributed by atoms with Crippen LogP contribution in [0.1, 0.15) is 37.1 Å². The van der Waals surface area contributed by atoms with Crippen molar-refractivity contribution in [3.05, 3.63) is 60.2 Å². The van der Waals surface area contributed by atoms with Crippen molar-refractivity contribution in [2.24, 2.45) is 5.92 Å². The number of nitrogens with one attached hydrogen (secondary N) is 1. The van der Waals surface area contributed by atoms with Crippen LogP contribution < -0.4 is 10.2 Å². The Morgan fingerprint density at radius 1 is 1.09 bits per heavy atom. The van der Waals surface area contributed by atoms with Gasteiger partial charge in [-0.25, -0.2) is 9.97 Å². The summed E-state index contributed by atoms with van der Waals surface area (Å²) in [5.74, 6) is 0.347. The van der Waals surface area contributed by atoms with Crippen molar-refractivity contribution in [2.75, 3.05) is 23.3 Å². The number of pyridine rings is 1. The van der Waals surface area contributed by atoms with Gasteiger partial charge >= 0.3 is 6.18 Å². The lowest BCUT2D eigenvalue weighted by Gasteiger charge is -2.34. The van der Waals surface area contributed by atoms with Gasteiger partial charge in [0.1, 0.15) is 11.6 Å². The summed E-state index contributed by atoms with van der Waals surface area (Å²) in [6, 6.07) is 9.87. The third kappa shape index (κ3) is 4.64. The number of nitrogens with zero attached hydrogens (tertiary/aromatic N) is 4. The highest BCUT2D eigenvalue weighted by atomic mass is 19.4. The van der Waals surface area contributed by atoms with Gasteiger partial charge in [-0.15, -0.1) is 0 Å². The maximum absolute atomic E-state index is 13.4. The third-order valence-electron chi connectivity index (χ3n) is 6.52. The minimum Gasteiger partial charge on any atom is -0.355 e. The Kier molecular flexibility index (Phi) is 6.02. The van der Waals surface area contributed by atoms with Crippen LogP contribution in [0.4, 0.5) is 24.7 Å². The van der Waals surface area contributed by atoms with Gasteiger partial charge in [-0.05, 0) is 49.9 Å². The molecule has 2 aliphatic rings. The van der Waals surface area contributed by atoms with E-state index in [1.54, 1.807) is 4.90 Å². The molecule has 1 unspecified atom stereocenters. The van der Waals surface area contributed by atoms with Crippen LogP contribution in [0.15, 0.2) is 48.8 Å². The second kappa shape index (κ2) is 9.12. The SMILES string of the molecule is O=C(Nc1cccc(-c2cn3c(n2)CCCC3)c1)C1CCCN(c2ncccc2C(F)(F)F)C1. The Hall–Kier alpha value is -3.36. The molecule has 5 rings (SSSR count). The Morgan fingerprint density at radius 3 is 2.79 bits per heavy atom. The number of anilines is 2. The minimum atomic E-state index is -4.49. The van der Waals surface area contributed by atoms with E-state index >= 15 is 0 Å². The normalized spacial score (nSPS) is 18.4.